The van der Waals surface area contributed by atoms with Gasteiger partial charge in [0.05, 0.1) is 20.6 Å². The molecule has 118 valence electrons. The number of nitrogens with one attached hydrogen (secondary N) is 1. The molecule has 0 amide bonds. The summed E-state index contributed by atoms with van der Waals surface area (Å²) in [5.41, 5.74) is 3.94. The van der Waals surface area contributed by atoms with Crippen LogP contribution >= 0.6 is 11.8 Å². The first-order valence-corrected chi connectivity index (χ1v) is 8.62. The summed E-state index contributed by atoms with van der Waals surface area (Å²) in [5.74, 6) is 0. The van der Waals surface area contributed by atoms with Crippen LogP contribution in [0.1, 0.15) is 17.5 Å². The summed E-state index contributed by atoms with van der Waals surface area (Å²) in [6.07, 6.45) is 5.60. The lowest BCUT2D eigenvalue weighted by atomic mass is 9.97. The summed E-state index contributed by atoms with van der Waals surface area (Å²) in [5, 5.41) is 0. The van der Waals surface area contributed by atoms with E-state index in [2.05, 4.69) is 81.0 Å². The number of quaternary nitrogens is 1. The van der Waals surface area contributed by atoms with Crippen LogP contribution in [-0.4, -0.2) is 26.9 Å². The zero-order chi connectivity index (χ0) is 15.1. The Hall–Kier alpha value is -1.22. The summed E-state index contributed by atoms with van der Waals surface area (Å²) in [6.45, 7) is 1.15. The van der Waals surface area contributed by atoms with E-state index in [4.69, 9.17) is 0 Å². The van der Waals surface area contributed by atoms with Gasteiger partial charge in [0.1, 0.15) is 0 Å². The van der Waals surface area contributed by atoms with Crippen LogP contribution in [0.5, 0.6) is 0 Å². The Morgan fingerprint density at radius 2 is 1.68 bits per heavy atom. The van der Waals surface area contributed by atoms with E-state index >= 15 is 0 Å². The minimum absolute atomic E-state index is 0. The van der Waals surface area contributed by atoms with Crippen molar-refractivity contribution in [3.05, 3.63) is 71.8 Å². The number of halogens is 1. The van der Waals surface area contributed by atoms with Gasteiger partial charge < -0.3 is 17.3 Å². The van der Waals surface area contributed by atoms with Crippen molar-refractivity contribution in [2.75, 3.05) is 26.9 Å². The fourth-order valence-corrected chi connectivity index (χ4v) is 2.78. The van der Waals surface area contributed by atoms with Gasteiger partial charge in [-0.25, -0.2) is 0 Å². The fourth-order valence-electron chi connectivity index (χ4n) is 2.32. The molecule has 0 spiro atoms. The van der Waals surface area contributed by atoms with Crippen LogP contribution < -0.4 is 17.3 Å². The van der Waals surface area contributed by atoms with E-state index in [1.165, 1.54) is 26.5 Å². The summed E-state index contributed by atoms with van der Waals surface area (Å²) in [7, 11) is 4.40. The topological polar surface area (TPSA) is 4.44 Å². The van der Waals surface area contributed by atoms with Crippen molar-refractivity contribution < 1.29 is 17.3 Å². The normalized spacial score (nSPS) is 11.4. The fraction of sp³-hybridized carbons (Fsp3) is 0.263. The van der Waals surface area contributed by atoms with Gasteiger partial charge in [-0.05, 0) is 35.1 Å². The molecule has 2 rings (SSSR count). The molecular weight excluding hydrogens is 310 g/mol. The Morgan fingerprint density at radius 3 is 2.32 bits per heavy atom. The van der Waals surface area contributed by atoms with E-state index in [0.717, 1.165) is 13.0 Å². The maximum atomic E-state index is 2.38. The second kappa shape index (κ2) is 9.73. The molecule has 0 radical (unpaired) electrons. The monoisotopic (exact) mass is 333 g/mol. The van der Waals surface area contributed by atoms with Gasteiger partial charge in [-0.2, -0.15) is 0 Å². The Balaban J connectivity index is 0.00000242. The lowest BCUT2D eigenvalue weighted by Gasteiger charge is -2.11. The largest absolute Gasteiger partial charge is 1.00 e. The standard InChI is InChI=1S/C19H23NS.ClH/c1-20(2)14-8-13-19(16-9-5-4-6-10-16)17-11-7-12-18(15-17)21-3;/h4-7,9-13,15H,8,14H2,1-3H3;1H/b19-13+;. The van der Waals surface area contributed by atoms with Gasteiger partial charge in [0.25, 0.3) is 0 Å². The van der Waals surface area contributed by atoms with Crippen LogP contribution in [-0.2, 0) is 0 Å². The average molecular weight is 334 g/mol. The smallest absolute Gasteiger partial charge is 0.0802 e. The van der Waals surface area contributed by atoms with Crippen molar-refractivity contribution in [2.24, 2.45) is 0 Å². The molecular formula is C19H24ClNS. The minimum Gasteiger partial charge on any atom is -1.00 e. The van der Waals surface area contributed by atoms with E-state index in [1.807, 2.05) is 0 Å². The number of hydrogen-bond acceptors (Lipinski definition) is 1. The van der Waals surface area contributed by atoms with Crippen LogP contribution in [0.3, 0.4) is 0 Å². The highest BCUT2D eigenvalue weighted by atomic mass is 35.5. The Labute approximate surface area is 144 Å². The molecule has 0 fully saturated rings. The summed E-state index contributed by atoms with van der Waals surface area (Å²) < 4.78 is 0. The highest BCUT2D eigenvalue weighted by molar-refractivity contribution is 7.98. The zero-order valence-electron chi connectivity index (χ0n) is 13.5. The van der Waals surface area contributed by atoms with Gasteiger partial charge in [-0.1, -0.05) is 48.5 Å². The highest BCUT2D eigenvalue weighted by Gasteiger charge is 2.06. The number of benzene rings is 2. The molecule has 0 aliphatic carbocycles. The predicted octanol–water partition coefficient (Wildman–Crippen LogP) is 0.379. The molecule has 2 aromatic rings. The maximum absolute atomic E-state index is 2.38. The quantitative estimate of drug-likeness (QED) is 0.749. The maximum Gasteiger partial charge on any atom is 0.0802 e. The van der Waals surface area contributed by atoms with Gasteiger partial charge in [0, 0.05) is 11.3 Å². The molecule has 0 aliphatic heterocycles. The second-order valence-corrected chi connectivity index (χ2v) is 6.34. The van der Waals surface area contributed by atoms with E-state index in [9.17, 15) is 0 Å². The van der Waals surface area contributed by atoms with Crippen molar-refractivity contribution in [3.63, 3.8) is 0 Å². The predicted molar refractivity (Wildman–Crippen MR) is 94.0 cm³/mol. The first-order chi connectivity index (χ1) is 10.2. The number of rotatable bonds is 6. The van der Waals surface area contributed by atoms with Gasteiger partial charge in [0.15, 0.2) is 0 Å². The van der Waals surface area contributed by atoms with Gasteiger partial charge in [-0.15, -0.1) is 11.8 Å². The average Bonchev–Trinajstić information content (AvgIpc) is 2.52. The van der Waals surface area contributed by atoms with Gasteiger partial charge >= 0.3 is 0 Å². The van der Waals surface area contributed by atoms with Crippen LogP contribution in [0, 0.1) is 0 Å². The summed E-state index contributed by atoms with van der Waals surface area (Å²) >= 11 is 1.79. The van der Waals surface area contributed by atoms with Crippen LogP contribution in [0.2, 0.25) is 0 Å². The van der Waals surface area contributed by atoms with E-state index in [-0.39, 0.29) is 12.4 Å². The second-order valence-electron chi connectivity index (χ2n) is 5.46. The number of thioether (sulfide) groups is 1. The molecule has 0 saturated carbocycles. The van der Waals surface area contributed by atoms with Crippen LogP contribution in [0.25, 0.3) is 5.57 Å². The lowest BCUT2D eigenvalue weighted by Crippen LogP contribution is -3.05. The molecule has 1 N–H and O–H groups in total. The molecule has 1 nitrogen and oxygen atoms in total. The molecule has 2 aromatic carbocycles. The third-order valence-electron chi connectivity index (χ3n) is 3.46. The molecule has 0 heterocycles. The zero-order valence-corrected chi connectivity index (χ0v) is 15.0. The van der Waals surface area contributed by atoms with Crippen molar-refractivity contribution >= 4 is 17.3 Å². The third kappa shape index (κ3) is 5.53. The molecule has 0 aromatic heterocycles. The van der Waals surface area contributed by atoms with Gasteiger partial charge in [-0.3, -0.25) is 0 Å². The van der Waals surface area contributed by atoms with E-state index in [1.54, 1.807) is 11.8 Å². The number of hydrogen-bond donors (Lipinski definition) is 1. The van der Waals surface area contributed by atoms with Crippen molar-refractivity contribution in [1.29, 1.82) is 0 Å². The molecule has 0 atom stereocenters. The van der Waals surface area contributed by atoms with Crippen molar-refractivity contribution in [3.8, 4) is 0 Å². The molecule has 3 heteroatoms. The first-order valence-electron chi connectivity index (χ1n) is 7.39. The minimum atomic E-state index is 0. The van der Waals surface area contributed by atoms with Crippen LogP contribution in [0.4, 0.5) is 0 Å². The van der Waals surface area contributed by atoms with Crippen LogP contribution in [0.15, 0.2) is 65.6 Å². The molecule has 0 unspecified atom stereocenters. The Kier molecular flexibility index (Phi) is 8.32. The first kappa shape index (κ1) is 18.8. The van der Waals surface area contributed by atoms with E-state index < -0.39 is 0 Å². The van der Waals surface area contributed by atoms with Crippen molar-refractivity contribution in [1.82, 2.24) is 0 Å². The molecule has 0 bridgehead atoms. The molecule has 0 saturated heterocycles. The highest BCUT2D eigenvalue weighted by Crippen LogP contribution is 2.26. The summed E-state index contributed by atoms with van der Waals surface area (Å²) in [4.78, 5) is 2.80. The Morgan fingerprint density at radius 1 is 1.00 bits per heavy atom. The lowest BCUT2D eigenvalue weighted by molar-refractivity contribution is -0.857. The third-order valence-corrected chi connectivity index (χ3v) is 4.18. The van der Waals surface area contributed by atoms with Crippen molar-refractivity contribution in [2.45, 2.75) is 11.3 Å². The van der Waals surface area contributed by atoms with E-state index in [0.29, 0.717) is 0 Å². The van der Waals surface area contributed by atoms with Gasteiger partial charge in [0.2, 0.25) is 0 Å². The molecule has 0 aliphatic rings. The molecule has 22 heavy (non-hydrogen) atoms. The SMILES string of the molecule is CSc1cccc(/C(=C/CC[NH+](C)C)c2ccccc2)c1.[Cl-]. The Bertz CT molecular complexity index is 593. The summed E-state index contributed by atoms with van der Waals surface area (Å²) in [6, 6.07) is 19.5.